The van der Waals surface area contributed by atoms with Gasteiger partial charge >= 0.3 is 7.12 Å². The van der Waals surface area contributed by atoms with Gasteiger partial charge in [-0.1, -0.05) is 23.2 Å². The summed E-state index contributed by atoms with van der Waals surface area (Å²) >= 11 is 6.24. The van der Waals surface area contributed by atoms with Crippen molar-refractivity contribution in [3.63, 3.8) is 0 Å². The maximum atomic E-state index is 6.24. The lowest BCUT2D eigenvalue weighted by atomic mass is 9.74. The number of rotatable bonds is 1. The molecule has 2 aromatic rings. The van der Waals surface area contributed by atoms with Crippen molar-refractivity contribution in [3.8, 4) is 0 Å². The molecule has 0 amide bonds. The Kier molecular flexibility index (Phi) is 2.94. The van der Waals surface area contributed by atoms with Crippen molar-refractivity contribution < 1.29 is 9.31 Å². The van der Waals surface area contributed by atoms with Gasteiger partial charge in [-0.05, 0) is 46.1 Å². The fraction of sp³-hybridized carbons (Fsp3) is 0.500. The van der Waals surface area contributed by atoms with Gasteiger partial charge < -0.3 is 9.31 Å². The smallest absolute Gasteiger partial charge is 0.399 e. The number of nitrogens with one attached hydrogen (secondary N) is 1. The molecule has 1 aliphatic rings. The average molecular weight is 293 g/mol. The molecule has 3 rings (SSSR count). The Morgan fingerprint density at radius 2 is 1.75 bits per heavy atom. The van der Waals surface area contributed by atoms with Crippen LogP contribution in [-0.2, 0) is 9.31 Å². The Labute approximate surface area is 123 Å². The van der Waals surface area contributed by atoms with Crippen molar-refractivity contribution >= 4 is 35.1 Å². The number of H-pyrrole nitrogens is 1. The van der Waals surface area contributed by atoms with E-state index in [4.69, 9.17) is 20.9 Å². The Bertz CT molecular complexity index is 665. The van der Waals surface area contributed by atoms with Crippen LogP contribution in [0.1, 0.15) is 33.3 Å². The fourth-order valence-corrected chi connectivity index (χ4v) is 2.71. The van der Waals surface area contributed by atoms with Crippen LogP contribution in [0.5, 0.6) is 0 Å². The van der Waals surface area contributed by atoms with Gasteiger partial charge in [0, 0.05) is 5.39 Å². The van der Waals surface area contributed by atoms with Crippen molar-refractivity contribution in [1.82, 2.24) is 10.2 Å². The van der Waals surface area contributed by atoms with Crippen LogP contribution in [-0.4, -0.2) is 28.5 Å². The zero-order valence-electron chi connectivity index (χ0n) is 12.4. The summed E-state index contributed by atoms with van der Waals surface area (Å²) in [5.74, 6) is 0. The Hall–Kier alpha value is -1.04. The van der Waals surface area contributed by atoms with Crippen molar-refractivity contribution in [2.24, 2.45) is 0 Å². The molecule has 1 fully saturated rings. The number of aryl methyl sites for hydroxylation is 1. The summed E-state index contributed by atoms with van der Waals surface area (Å²) in [5.41, 5.74) is 2.12. The van der Waals surface area contributed by atoms with Crippen LogP contribution >= 0.6 is 11.6 Å². The van der Waals surface area contributed by atoms with E-state index in [2.05, 4.69) is 10.2 Å². The van der Waals surface area contributed by atoms with Crippen molar-refractivity contribution in [2.75, 3.05) is 0 Å². The zero-order chi connectivity index (χ0) is 14.7. The van der Waals surface area contributed by atoms with E-state index in [9.17, 15) is 0 Å². The summed E-state index contributed by atoms with van der Waals surface area (Å²) in [6.45, 7) is 10.2. The van der Waals surface area contributed by atoms with Crippen molar-refractivity contribution in [3.05, 3.63) is 22.8 Å². The minimum atomic E-state index is -0.432. The summed E-state index contributed by atoms with van der Waals surface area (Å²) < 4.78 is 12.3. The molecule has 0 radical (unpaired) electrons. The van der Waals surface area contributed by atoms with Gasteiger partial charge in [0.2, 0.25) is 0 Å². The average Bonchev–Trinajstić information content (AvgIpc) is 2.78. The van der Waals surface area contributed by atoms with E-state index in [0.717, 1.165) is 21.9 Å². The second-order valence-corrected chi connectivity index (χ2v) is 6.69. The second kappa shape index (κ2) is 4.23. The topological polar surface area (TPSA) is 47.1 Å². The molecule has 20 heavy (non-hydrogen) atoms. The molecule has 0 unspecified atom stereocenters. The van der Waals surface area contributed by atoms with Crippen LogP contribution in [0.4, 0.5) is 0 Å². The molecule has 1 aliphatic heterocycles. The van der Waals surface area contributed by atoms with E-state index < -0.39 is 7.12 Å². The molecule has 4 nitrogen and oxygen atoms in total. The quantitative estimate of drug-likeness (QED) is 0.822. The maximum absolute atomic E-state index is 6.24. The third kappa shape index (κ3) is 1.88. The summed E-state index contributed by atoms with van der Waals surface area (Å²) in [6, 6.07) is 3.96. The van der Waals surface area contributed by atoms with Crippen LogP contribution in [0, 0.1) is 6.92 Å². The lowest BCUT2D eigenvalue weighted by Gasteiger charge is -2.32. The molecule has 0 saturated carbocycles. The summed E-state index contributed by atoms with van der Waals surface area (Å²) in [4.78, 5) is 0. The highest BCUT2D eigenvalue weighted by Crippen LogP contribution is 2.37. The molecule has 0 aliphatic carbocycles. The van der Waals surface area contributed by atoms with E-state index in [1.807, 2.05) is 46.8 Å². The summed E-state index contributed by atoms with van der Waals surface area (Å²) in [5, 5.41) is 8.41. The van der Waals surface area contributed by atoms with Crippen LogP contribution in [0.2, 0.25) is 5.15 Å². The molecule has 0 spiro atoms. The molecule has 0 atom stereocenters. The third-order valence-corrected chi connectivity index (χ3v) is 4.70. The first-order valence-corrected chi connectivity index (χ1v) is 7.09. The first-order valence-electron chi connectivity index (χ1n) is 6.72. The first kappa shape index (κ1) is 13.9. The predicted octanol–water partition coefficient (Wildman–Crippen LogP) is 2.82. The van der Waals surface area contributed by atoms with Gasteiger partial charge in [0.05, 0.1) is 16.7 Å². The standard InChI is InChI=1S/C14H18BClN2O2/c1-8-6-7-9-10(12(16)18-17-9)11(8)15-19-13(2,3)14(4,5)20-15/h6-7H,1-5H3,(H,17,18). The number of benzene rings is 1. The molecule has 0 bridgehead atoms. The highest BCUT2D eigenvalue weighted by Gasteiger charge is 2.52. The molecular formula is C14H18BClN2O2. The second-order valence-electron chi connectivity index (χ2n) is 6.32. The van der Waals surface area contributed by atoms with Crippen molar-refractivity contribution in [1.29, 1.82) is 0 Å². The highest BCUT2D eigenvalue weighted by molar-refractivity contribution is 6.66. The summed E-state index contributed by atoms with van der Waals surface area (Å²) in [7, 11) is -0.432. The molecule has 106 valence electrons. The lowest BCUT2D eigenvalue weighted by Crippen LogP contribution is -2.41. The zero-order valence-corrected chi connectivity index (χ0v) is 13.1. The fourth-order valence-electron chi connectivity index (χ4n) is 2.47. The van der Waals surface area contributed by atoms with Gasteiger partial charge in [0.25, 0.3) is 0 Å². The molecular weight excluding hydrogens is 274 g/mol. The number of hydrogen-bond donors (Lipinski definition) is 1. The van der Waals surface area contributed by atoms with E-state index in [1.165, 1.54) is 0 Å². The number of halogens is 1. The van der Waals surface area contributed by atoms with E-state index in [1.54, 1.807) is 0 Å². The van der Waals surface area contributed by atoms with E-state index >= 15 is 0 Å². The largest absolute Gasteiger partial charge is 0.495 e. The van der Waals surface area contributed by atoms with E-state index in [-0.39, 0.29) is 11.2 Å². The van der Waals surface area contributed by atoms with Gasteiger partial charge in [0.1, 0.15) is 5.15 Å². The molecule has 1 aromatic carbocycles. The number of aromatic amines is 1. The van der Waals surface area contributed by atoms with E-state index in [0.29, 0.717) is 5.15 Å². The first-order chi connectivity index (χ1) is 9.23. The van der Waals surface area contributed by atoms with Crippen molar-refractivity contribution in [2.45, 2.75) is 45.8 Å². The van der Waals surface area contributed by atoms with Crippen LogP contribution in [0.25, 0.3) is 10.9 Å². The minimum absolute atomic E-state index is 0.373. The maximum Gasteiger partial charge on any atom is 0.495 e. The Morgan fingerprint density at radius 3 is 2.35 bits per heavy atom. The van der Waals surface area contributed by atoms with Gasteiger partial charge in [0.15, 0.2) is 0 Å². The SMILES string of the molecule is Cc1ccc2n[nH]c(Cl)c2c1B1OC(C)(C)C(C)(C)O1. The molecule has 2 heterocycles. The van der Waals surface area contributed by atoms with Crippen LogP contribution < -0.4 is 5.46 Å². The van der Waals surface area contributed by atoms with Gasteiger partial charge in [-0.15, -0.1) is 0 Å². The molecule has 1 saturated heterocycles. The van der Waals surface area contributed by atoms with Gasteiger partial charge in [-0.25, -0.2) is 0 Å². The highest BCUT2D eigenvalue weighted by atomic mass is 35.5. The lowest BCUT2D eigenvalue weighted by molar-refractivity contribution is 0.00578. The van der Waals surface area contributed by atoms with Crippen LogP contribution in [0.3, 0.4) is 0 Å². The Balaban J connectivity index is 2.17. The van der Waals surface area contributed by atoms with Gasteiger partial charge in [-0.3, -0.25) is 5.10 Å². The number of hydrogen-bond acceptors (Lipinski definition) is 3. The Morgan fingerprint density at radius 1 is 1.15 bits per heavy atom. The molecule has 6 heteroatoms. The minimum Gasteiger partial charge on any atom is -0.399 e. The van der Waals surface area contributed by atoms with Crippen LogP contribution in [0.15, 0.2) is 12.1 Å². The molecule has 1 aromatic heterocycles. The predicted molar refractivity (Wildman–Crippen MR) is 81.6 cm³/mol. The van der Waals surface area contributed by atoms with Gasteiger partial charge in [-0.2, -0.15) is 5.10 Å². The normalized spacial score (nSPS) is 20.8. The number of fused-ring (bicyclic) bond motifs is 1. The monoisotopic (exact) mass is 292 g/mol. The third-order valence-electron chi connectivity index (χ3n) is 4.42. The number of nitrogens with zero attached hydrogens (tertiary/aromatic N) is 1. The summed E-state index contributed by atoms with van der Waals surface area (Å²) in [6.07, 6.45) is 0. The molecule has 1 N–H and O–H groups in total. The number of aromatic nitrogens is 2.